The Morgan fingerprint density at radius 1 is 1.38 bits per heavy atom. The molecule has 0 atom stereocenters. The highest BCUT2D eigenvalue weighted by molar-refractivity contribution is 7.92. The number of ether oxygens (including phenoxy) is 1. The van der Waals surface area contributed by atoms with E-state index in [0.717, 1.165) is 24.7 Å². The standard InChI is InChI=1S/C11H15NO3S/c1-8-4-3-5-10(15-9-6-7-9)11(8)12-16(2,13)14/h3-5,9,12H,6-7H2,1-2H3. The maximum Gasteiger partial charge on any atom is 0.229 e. The van der Waals surface area contributed by atoms with Gasteiger partial charge in [-0.15, -0.1) is 0 Å². The quantitative estimate of drug-likeness (QED) is 0.876. The second-order valence-corrected chi connectivity index (χ2v) is 5.89. The Hall–Kier alpha value is -1.23. The minimum atomic E-state index is -3.27. The Balaban J connectivity index is 2.31. The summed E-state index contributed by atoms with van der Waals surface area (Å²) in [6, 6.07) is 5.51. The van der Waals surface area contributed by atoms with Crippen molar-refractivity contribution in [3.8, 4) is 5.75 Å². The van der Waals surface area contributed by atoms with Crippen LogP contribution in [-0.2, 0) is 10.0 Å². The molecule has 16 heavy (non-hydrogen) atoms. The number of rotatable bonds is 4. The first kappa shape index (κ1) is 11.3. The van der Waals surface area contributed by atoms with Gasteiger partial charge in [0, 0.05) is 0 Å². The summed E-state index contributed by atoms with van der Waals surface area (Å²) in [5.41, 5.74) is 1.42. The molecule has 88 valence electrons. The van der Waals surface area contributed by atoms with Gasteiger partial charge < -0.3 is 4.74 Å². The molecule has 0 aromatic heterocycles. The molecule has 1 fully saturated rings. The van der Waals surface area contributed by atoms with Gasteiger partial charge in [-0.05, 0) is 31.4 Å². The number of para-hydroxylation sites is 1. The molecule has 0 heterocycles. The third-order valence-electron chi connectivity index (χ3n) is 2.34. The molecule has 4 nitrogen and oxygen atoms in total. The summed E-state index contributed by atoms with van der Waals surface area (Å²) in [6.07, 6.45) is 3.49. The lowest BCUT2D eigenvalue weighted by molar-refractivity contribution is 0.304. The monoisotopic (exact) mass is 241 g/mol. The number of hydrogen-bond acceptors (Lipinski definition) is 3. The van der Waals surface area contributed by atoms with Crippen LogP contribution >= 0.6 is 0 Å². The summed E-state index contributed by atoms with van der Waals surface area (Å²) in [7, 11) is -3.27. The molecule has 1 N–H and O–H groups in total. The SMILES string of the molecule is Cc1cccc(OC2CC2)c1NS(C)(=O)=O. The van der Waals surface area contributed by atoms with Crippen LogP contribution in [0.1, 0.15) is 18.4 Å². The molecule has 1 saturated carbocycles. The van der Waals surface area contributed by atoms with E-state index >= 15 is 0 Å². The minimum Gasteiger partial charge on any atom is -0.488 e. The van der Waals surface area contributed by atoms with Gasteiger partial charge in [-0.2, -0.15) is 0 Å². The van der Waals surface area contributed by atoms with E-state index in [1.54, 1.807) is 6.07 Å². The van der Waals surface area contributed by atoms with Gasteiger partial charge in [-0.25, -0.2) is 8.42 Å². The number of aryl methyl sites for hydroxylation is 1. The van der Waals surface area contributed by atoms with Crippen molar-refractivity contribution in [3.05, 3.63) is 23.8 Å². The molecule has 0 bridgehead atoms. The molecule has 1 aliphatic rings. The van der Waals surface area contributed by atoms with Crippen LogP contribution in [0, 0.1) is 6.92 Å². The van der Waals surface area contributed by atoms with Crippen LogP contribution in [0.3, 0.4) is 0 Å². The van der Waals surface area contributed by atoms with E-state index in [9.17, 15) is 8.42 Å². The normalized spacial score (nSPS) is 15.9. The second-order valence-electron chi connectivity index (χ2n) is 4.14. The zero-order chi connectivity index (χ0) is 11.8. The maximum atomic E-state index is 11.2. The topological polar surface area (TPSA) is 55.4 Å². The zero-order valence-corrected chi connectivity index (χ0v) is 10.2. The summed E-state index contributed by atoms with van der Waals surface area (Å²) in [5, 5.41) is 0. The average molecular weight is 241 g/mol. The molecule has 1 aromatic rings. The minimum absolute atomic E-state index is 0.252. The first-order chi connectivity index (χ1) is 7.46. The Kier molecular flexibility index (Phi) is 2.80. The summed E-state index contributed by atoms with van der Waals surface area (Å²) in [4.78, 5) is 0. The molecule has 0 radical (unpaired) electrons. The van der Waals surface area contributed by atoms with Crippen molar-refractivity contribution in [1.82, 2.24) is 0 Å². The van der Waals surface area contributed by atoms with Crippen molar-refractivity contribution in [1.29, 1.82) is 0 Å². The van der Waals surface area contributed by atoms with Crippen LogP contribution in [0.15, 0.2) is 18.2 Å². The van der Waals surface area contributed by atoms with E-state index in [4.69, 9.17) is 4.74 Å². The molecule has 0 spiro atoms. The Bertz CT molecular complexity index is 492. The molecule has 1 aromatic carbocycles. The highest BCUT2D eigenvalue weighted by Gasteiger charge is 2.25. The lowest BCUT2D eigenvalue weighted by Gasteiger charge is -2.13. The van der Waals surface area contributed by atoms with E-state index in [2.05, 4.69) is 4.72 Å². The average Bonchev–Trinajstić information content (AvgIpc) is 2.93. The Morgan fingerprint density at radius 3 is 2.62 bits per heavy atom. The molecular weight excluding hydrogens is 226 g/mol. The lowest BCUT2D eigenvalue weighted by Crippen LogP contribution is -2.12. The van der Waals surface area contributed by atoms with Gasteiger partial charge in [0.1, 0.15) is 5.75 Å². The molecule has 0 saturated heterocycles. The van der Waals surface area contributed by atoms with Gasteiger partial charge in [0.15, 0.2) is 0 Å². The zero-order valence-electron chi connectivity index (χ0n) is 9.36. The fraction of sp³-hybridized carbons (Fsp3) is 0.455. The lowest BCUT2D eigenvalue weighted by atomic mass is 10.2. The van der Waals surface area contributed by atoms with Gasteiger partial charge in [-0.3, -0.25) is 4.72 Å². The molecular formula is C11H15NO3S. The van der Waals surface area contributed by atoms with Crippen LogP contribution in [-0.4, -0.2) is 20.8 Å². The molecule has 5 heteroatoms. The summed E-state index contributed by atoms with van der Waals surface area (Å²) in [6.45, 7) is 1.85. The van der Waals surface area contributed by atoms with E-state index in [-0.39, 0.29) is 6.10 Å². The molecule has 0 aliphatic heterocycles. The highest BCUT2D eigenvalue weighted by Crippen LogP contribution is 2.34. The van der Waals surface area contributed by atoms with Gasteiger partial charge >= 0.3 is 0 Å². The number of benzene rings is 1. The van der Waals surface area contributed by atoms with Crippen molar-refractivity contribution < 1.29 is 13.2 Å². The van der Waals surface area contributed by atoms with Crippen molar-refractivity contribution in [2.75, 3.05) is 11.0 Å². The van der Waals surface area contributed by atoms with Gasteiger partial charge in [-0.1, -0.05) is 12.1 Å². The number of hydrogen-bond donors (Lipinski definition) is 1. The number of nitrogens with one attached hydrogen (secondary N) is 1. The number of anilines is 1. The highest BCUT2D eigenvalue weighted by atomic mass is 32.2. The van der Waals surface area contributed by atoms with Crippen LogP contribution in [0.2, 0.25) is 0 Å². The van der Waals surface area contributed by atoms with Crippen LogP contribution < -0.4 is 9.46 Å². The van der Waals surface area contributed by atoms with Crippen LogP contribution in [0.5, 0.6) is 5.75 Å². The maximum absolute atomic E-state index is 11.2. The van der Waals surface area contributed by atoms with E-state index < -0.39 is 10.0 Å². The third-order valence-corrected chi connectivity index (χ3v) is 2.91. The fourth-order valence-electron chi connectivity index (χ4n) is 1.42. The molecule has 0 amide bonds. The fourth-order valence-corrected chi connectivity index (χ4v) is 2.05. The number of sulfonamides is 1. The van der Waals surface area contributed by atoms with Gasteiger partial charge in [0.05, 0.1) is 18.0 Å². The van der Waals surface area contributed by atoms with E-state index in [0.29, 0.717) is 11.4 Å². The first-order valence-electron chi connectivity index (χ1n) is 5.20. The Morgan fingerprint density at radius 2 is 2.06 bits per heavy atom. The van der Waals surface area contributed by atoms with Crippen LogP contribution in [0.4, 0.5) is 5.69 Å². The van der Waals surface area contributed by atoms with Crippen molar-refractivity contribution in [3.63, 3.8) is 0 Å². The summed E-state index contributed by atoms with van der Waals surface area (Å²) >= 11 is 0. The van der Waals surface area contributed by atoms with Crippen LogP contribution in [0.25, 0.3) is 0 Å². The summed E-state index contributed by atoms with van der Waals surface area (Å²) < 4.78 is 30.6. The van der Waals surface area contributed by atoms with Gasteiger partial charge in [0.25, 0.3) is 0 Å². The van der Waals surface area contributed by atoms with Crippen molar-refractivity contribution in [2.24, 2.45) is 0 Å². The third kappa shape index (κ3) is 2.88. The Labute approximate surface area is 95.7 Å². The molecule has 0 unspecified atom stereocenters. The smallest absolute Gasteiger partial charge is 0.229 e. The van der Waals surface area contributed by atoms with Crippen molar-refractivity contribution in [2.45, 2.75) is 25.9 Å². The van der Waals surface area contributed by atoms with E-state index in [1.807, 2.05) is 19.1 Å². The first-order valence-corrected chi connectivity index (χ1v) is 7.09. The van der Waals surface area contributed by atoms with E-state index in [1.165, 1.54) is 0 Å². The molecule has 2 rings (SSSR count). The summed E-state index contributed by atoms with van der Waals surface area (Å²) in [5.74, 6) is 0.618. The second kappa shape index (κ2) is 3.97. The molecule has 1 aliphatic carbocycles. The largest absolute Gasteiger partial charge is 0.488 e. The predicted molar refractivity (Wildman–Crippen MR) is 63.3 cm³/mol. The predicted octanol–water partition coefficient (Wildman–Crippen LogP) is 1.91. The van der Waals surface area contributed by atoms with Gasteiger partial charge in [0.2, 0.25) is 10.0 Å². The van der Waals surface area contributed by atoms with Crippen molar-refractivity contribution >= 4 is 15.7 Å².